The lowest BCUT2D eigenvalue weighted by Crippen LogP contribution is -2.42. The Kier molecular flexibility index (Phi) is 10.8. The molecule has 0 bridgehead atoms. The molecule has 164 valence electrons. The van der Waals surface area contributed by atoms with E-state index in [2.05, 4.69) is 27.9 Å². The molecule has 0 radical (unpaired) electrons. The van der Waals surface area contributed by atoms with Gasteiger partial charge in [-0.25, -0.2) is 8.42 Å². The fraction of sp³-hybridized carbons (Fsp3) is 0.333. The highest BCUT2D eigenvalue weighted by molar-refractivity contribution is 14.0. The lowest BCUT2D eigenvalue weighted by atomic mass is 10.1. The minimum absolute atomic E-state index is 0. The number of nitrogens with zero attached hydrogens (tertiary/aromatic N) is 1. The second-order valence-electron chi connectivity index (χ2n) is 6.62. The van der Waals surface area contributed by atoms with Crippen molar-refractivity contribution in [3.05, 3.63) is 59.7 Å². The van der Waals surface area contributed by atoms with Crippen LogP contribution in [0.4, 0.5) is 5.69 Å². The Morgan fingerprint density at radius 3 is 2.33 bits per heavy atom. The van der Waals surface area contributed by atoms with E-state index in [9.17, 15) is 13.2 Å². The van der Waals surface area contributed by atoms with Crippen molar-refractivity contribution < 1.29 is 13.2 Å². The van der Waals surface area contributed by atoms with E-state index in [1.54, 1.807) is 31.3 Å². The normalized spacial score (nSPS) is 11.4. The molecule has 0 saturated heterocycles. The van der Waals surface area contributed by atoms with Gasteiger partial charge in [0.05, 0.1) is 11.4 Å². The lowest BCUT2D eigenvalue weighted by Gasteiger charge is -2.12. The summed E-state index contributed by atoms with van der Waals surface area (Å²) in [4.78, 5) is 16.5. The molecule has 0 aliphatic carbocycles. The summed E-state index contributed by atoms with van der Waals surface area (Å²) in [5, 5.41) is 8.98. The highest BCUT2D eigenvalue weighted by Crippen LogP contribution is 2.11. The summed E-state index contributed by atoms with van der Waals surface area (Å²) in [7, 11) is -1.54. The summed E-state index contributed by atoms with van der Waals surface area (Å²) in [5.41, 5.74) is 2.95. The van der Waals surface area contributed by atoms with Crippen LogP contribution in [-0.4, -0.2) is 46.7 Å². The molecular weight excluding hydrogens is 515 g/mol. The van der Waals surface area contributed by atoms with Gasteiger partial charge in [-0.1, -0.05) is 31.2 Å². The van der Waals surface area contributed by atoms with E-state index < -0.39 is 9.84 Å². The van der Waals surface area contributed by atoms with Gasteiger partial charge in [0.1, 0.15) is 0 Å². The molecule has 0 atom stereocenters. The van der Waals surface area contributed by atoms with Crippen LogP contribution in [0.5, 0.6) is 0 Å². The molecule has 7 nitrogen and oxygen atoms in total. The van der Waals surface area contributed by atoms with E-state index in [0.717, 1.165) is 23.2 Å². The van der Waals surface area contributed by atoms with Crippen LogP contribution in [0.25, 0.3) is 0 Å². The molecule has 0 fully saturated rings. The number of anilines is 1. The van der Waals surface area contributed by atoms with Crippen molar-refractivity contribution in [3.63, 3.8) is 0 Å². The monoisotopic (exact) mass is 544 g/mol. The van der Waals surface area contributed by atoms with Gasteiger partial charge in [-0.3, -0.25) is 9.79 Å². The smallest absolute Gasteiger partial charge is 0.243 e. The van der Waals surface area contributed by atoms with Gasteiger partial charge in [-0.15, -0.1) is 24.0 Å². The third kappa shape index (κ3) is 8.70. The number of aryl methyl sites for hydroxylation is 1. The summed E-state index contributed by atoms with van der Waals surface area (Å²) in [6, 6.07) is 14.6. The molecule has 2 aromatic rings. The van der Waals surface area contributed by atoms with Crippen LogP contribution in [0.15, 0.2) is 58.4 Å². The van der Waals surface area contributed by atoms with Crippen LogP contribution in [0.1, 0.15) is 18.1 Å². The summed E-state index contributed by atoms with van der Waals surface area (Å²) in [5.74, 6) is 0.368. The topological polar surface area (TPSA) is 99.7 Å². The van der Waals surface area contributed by atoms with Crippen LogP contribution in [0.3, 0.4) is 0 Å². The van der Waals surface area contributed by atoms with Crippen molar-refractivity contribution in [2.45, 2.75) is 24.7 Å². The third-order valence-electron chi connectivity index (χ3n) is 4.32. The first-order chi connectivity index (χ1) is 13.8. The Morgan fingerprint density at radius 2 is 1.73 bits per heavy atom. The number of carbonyl (C=O) groups is 1. The number of sulfone groups is 1. The van der Waals surface area contributed by atoms with Crippen LogP contribution in [0, 0.1) is 0 Å². The molecule has 9 heteroatoms. The molecule has 1 amide bonds. The SMILES string of the molecule is CCc1cccc(NC(=O)CNC(=NC)NCCc2ccc(S(C)(=O)=O)cc2)c1.I. The van der Waals surface area contributed by atoms with E-state index in [1.165, 1.54) is 6.26 Å². The zero-order valence-corrected chi connectivity index (χ0v) is 20.6. The number of rotatable bonds is 8. The average Bonchev–Trinajstić information content (AvgIpc) is 2.70. The van der Waals surface area contributed by atoms with Crippen molar-refractivity contribution in [3.8, 4) is 0 Å². The predicted molar refractivity (Wildman–Crippen MR) is 132 cm³/mol. The number of hydrogen-bond donors (Lipinski definition) is 3. The summed E-state index contributed by atoms with van der Waals surface area (Å²) in [6.07, 6.45) is 2.80. The fourth-order valence-electron chi connectivity index (χ4n) is 2.69. The molecule has 0 saturated carbocycles. The Hall–Kier alpha value is -2.14. The molecule has 0 spiro atoms. The van der Waals surface area contributed by atoms with Crippen LogP contribution in [0.2, 0.25) is 0 Å². The van der Waals surface area contributed by atoms with Gasteiger partial charge < -0.3 is 16.0 Å². The molecule has 0 heterocycles. The molecular formula is C21H29IN4O3S. The molecule has 0 aromatic heterocycles. The second kappa shape index (κ2) is 12.5. The lowest BCUT2D eigenvalue weighted by molar-refractivity contribution is -0.115. The summed E-state index contributed by atoms with van der Waals surface area (Å²) in [6.45, 7) is 2.76. The maximum atomic E-state index is 12.1. The van der Waals surface area contributed by atoms with E-state index in [-0.39, 0.29) is 36.4 Å². The van der Waals surface area contributed by atoms with Crippen LogP contribution < -0.4 is 16.0 Å². The third-order valence-corrected chi connectivity index (χ3v) is 5.45. The van der Waals surface area contributed by atoms with E-state index >= 15 is 0 Å². The average molecular weight is 544 g/mol. The number of aliphatic imine (C=N–C) groups is 1. The van der Waals surface area contributed by atoms with Gasteiger partial charge in [-0.05, 0) is 48.2 Å². The standard InChI is InChI=1S/C21H28N4O3S.HI/c1-4-16-6-5-7-18(14-16)25-20(26)15-24-21(22-2)23-13-12-17-8-10-19(11-9-17)29(3,27)28;/h5-11,14H,4,12-13,15H2,1-3H3,(H,25,26)(H2,22,23,24);1H. The van der Waals surface area contributed by atoms with Gasteiger partial charge in [-0.2, -0.15) is 0 Å². The molecule has 2 aromatic carbocycles. The largest absolute Gasteiger partial charge is 0.356 e. The van der Waals surface area contributed by atoms with Gasteiger partial charge in [0.2, 0.25) is 5.91 Å². The fourth-order valence-corrected chi connectivity index (χ4v) is 3.32. The first kappa shape index (κ1) is 25.9. The molecule has 0 aliphatic rings. The number of nitrogens with one attached hydrogen (secondary N) is 3. The van der Waals surface area contributed by atoms with Crippen molar-refractivity contribution in [1.29, 1.82) is 0 Å². The van der Waals surface area contributed by atoms with Crippen LogP contribution >= 0.6 is 24.0 Å². The van der Waals surface area contributed by atoms with Gasteiger partial charge >= 0.3 is 0 Å². The number of benzene rings is 2. The number of guanidine groups is 1. The van der Waals surface area contributed by atoms with E-state index in [0.29, 0.717) is 23.8 Å². The zero-order valence-electron chi connectivity index (χ0n) is 17.4. The summed E-state index contributed by atoms with van der Waals surface area (Å²) < 4.78 is 23.0. The van der Waals surface area contributed by atoms with Crippen molar-refractivity contribution in [2.75, 3.05) is 31.7 Å². The van der Waals surface area contributed by atoms with Crippen molar-refractivity contribution in [1.82, 2.24) is 10.6 Å². The number of carbonyl (C=O) groups excluding carboxylic acids is 1. The first-order valence-electron chi connectivity index (χ1n) is 9.44. The minimum Gasteiger partial charge on any atom is -0.356 e. The van der Waals surface area contributed by atoms with Crippen LogP contribution in [-0.2, 0) is 27.5 Å². The molecule has 0 unspecified atom stereocenters. The second-order valence-corrected chi connectivity index (χ2v) is 8.64. The number of hydrogen-bond acceptors (Lipinski definition) is 4. The Bertz CT molecular complexity index is 960. The maximum absolute atomic E-state index is 12.1. The molecule has 3 N–H and O–H groups in total. The van der Waals surface area contributed by atoms with Gasteiger partial charge in [0.25, 0.3) is 0 Å². The van der Waals surface area contributed by atoms with E-state index in [1.807, 2.05) is 24.3 Å². The molecule has 30 heavy (non-hydrogen) atoms. The number of halogens is 1. The highest BCUT2D eigenvalue weighted by atomic mass is 127. The highest BCUT2D eigenvalue weighted by Gasteiger charge is 2.07. The summed E-state index contributed by atoms with van der Waals surface area (Å²) >= 11 is 0. The van der Waals surface area contributed by atoms with Gasteiger partial charge in [0, 0.05) is 25.5 Å². The Morgan fingerprint density at radius 1 is 1.03 bits per heavy atom. The predicted octanol–water partition coefficient (Wildman–Crippen LogP) is 2.62. The maximum Gasteiger partial charge on any atom is 0.243 e. The Labute approximate surface area is 195 Å². The van der Waals surface area contributed by atoms with E-state index in [4.69, 9.17) is 0 Å². The van der Waals surface area contributed by atoms with Gasteiger partial charge in [0.15, 0.2) is 15.8 Å². The Balaban J connectivity index is 0.00000450. The van der Waals surface area contributed by atoms with Crippen molar-refractivity contribution >= 4 is 51.4 Å². The minimum atomic E-state index is -3.18. The van der Waals surface area contributed by atoms with Crippen molar-refractivity contribution in [2.24, 2.45) is 4.99 Å². The quantitative estimate of drug-likeness (QED) is 0.270. The molecule has 2 rings (SSSR count). The molecule has 0 aliphatic heterocycles. The zero-order chi connectivity index (χ0) is 21.3. The first-order valence-corrected chi connectivity index (χ1v) is 11.3. The number of amides is 1.